The van der Waals surface area contributed by atoms with E-state index >= 15 is 0 Å². The minimum absolute atomic E-state index is 0.572. The number of likely N-dealkylation sites (tertiary alicyclic amines) is 1. The molecule has 2 rings (SSSR count). The lowest BCUT2D eigenvalue weighted by Crippen LogP contribution is -2.52. The van der Waals surface area contributed by atoms with E-state index in [9.17, 15) is 0 Å². The van der Waals surface area contributed by atoms with Gasteiger partial charge in [0, 0.05) is 31.0 Å². The number of aryl methyl sites for hydroxylation is 1. The number of nitrogens with one attached hydrogen (secondary N) is 1. The average Bonchev–Trinajstić information content (AvgIpc) is 2.50. The minimum Gasteiger partial charge on any atom is -0.355 e. The molecule has 0 amide bonds. The highest BCUT2D eigenvalue weighted by Gasteiger charge is 2.23. The van der Waals surface area contributed by atoms with Crippen LogP contribution in [-0.4, -0.2) is 40.4 Å². The monoisotopic (exact) mass is 198 g/mol. The molecule has 4 nitrogen and oxygen atoms in total. The van der Waals surface area contributed by atoms with Crippen LogP contribution < -0.4 is 5.32 Å². The molecule has 1 aliphatic rings. The predicted molar refractivity (Wildman–Crippen MR) is 54.2 cm³/mol. The molecule has 0 aliphatic carbocycles. The van der Waals surface area contributed by atoms with E-state index < -0.39 is 0 Å². The summed E-state index contributed by atoms with van der Waals surface area (Å²) in [6.45, 7) is 4.30. The molecule has 0 aromatic carbocycles. The highest BCUT2D eigenvalue weighted by atomic mass is 32.1. The van der Waals surface area contributed by atoms with Crippen molar-refractivity contribution in [3.63, 3.8) is 0 Å². The minimum atomic E-state index is 0.572. The van der Waals surface area contributed by atoms with Gasteiger partial charge in [0.15, 0.2) is 0 Å². The highest BCUT2D eigenvalue weighted by Crippen LogP contribution is 2.16. The highest BCUT2D eigenvalue weighted by molar-refractivity contribution is 7.09. The van der Waals surface area contributed by atoms with E-state index in [0.29, 0.717) is 6.04 Å². The first-order valence-corrected chi connectivity index (χ1v) is 5.33. The summed E-state index contributed by atoms with van der Waals surface area (Å²) in [4.78, 5) is 6.63. The molecule has 0 atom stereocenters. The molecule has 1 aliphatic heterocycles. The van der Waals surface area contributed by atoms with Gasteiger partial charge in [0.1, 0.15) is 5.82 Å². The van der Waals surface area contributed by atoms with Gasteiger partial charge in [0.25, 0.3) is 0 Å². The fraction of sp³-hybridized carbons (Fsp3) is 0.750. The summed E-state index contributed by atoms with van der Waals surface area (Å²) in [5, 5.41) is 4.33. The van der Waals surface area contributed by atoms with Crippen LogP contribution >= 0.6 is 11.5 Å². The second-order valence-electron chi connectivity index (χ2n) is 3.43. The van der Waals surface area contributed by atoms with Gasteiger partial charge in [-0.15, -0.1) is 0 Å². The summed E-state index contributed by atoms with van der Waals surface area (Å²) in [5.41, 5.74) is 0. The molecular weight excluding hydrogens is 184 g/mol. The van der Waals surface area contributed by atoms with E-state index in [2.05, 4.69) is 33.5 Å². The predicted octanol–water partition coefficient (Wildman–Crippen LogP) is 0.826. The molecule has 72 valence electrons. The van der Waals surface area contributed by atoms with E-state index in [1.54, 1.807) is 0 Å². The third-order valence-corrected chi connectivity index (χ3v) is 2.86. The fourth-order valence-corrected chi connectivity index (χ4v) is 2.15. The largest absolute Gasteiger partial charge is 0.355 e. The van der Waals surface area contributed by atoms with Crippen LogP contribution in [0.2, 0.25) is 0 Å². The molecular formula is C8H14N4S. The second-order valence-corrected chi connectivity index (χ2v) is 4.18. The maximum Gasteiger partial charge on any atom is 0.202 e. The van der Waals surface area contributed by atoms with Crippen molar-refractivity contribution in [2.75, 3.05) is 25.5 Å². The number of likely N-dealkylation sites (N-methyl/N-ethyl adjacent to an activating group) is 1. The Morgan fingerprint density at radius 3 is 2.92 bits per heavy atom. The van der Waals surface area contributed by atoms with Crippen LogP contribution in [-0.2, 0) is 6.42 Å². The Morgan fingerprint density at radius 1 is 1.62 bits per heavy atom. The van der Waals surface area contributed by atoms with Crippen molar-refractivity contribution in [1.82, 2.24) is 14.3 Å². The zero-order valence-electron chi connectivity index (χ0n) is 7.95. The lowest BCUT2D eigenvalue weighted by Gasteiger charge is -2.36. The van der Waals surface area contributed by atoms with Crippen molar-refractivity contribution >= 4 is 16.7 Å². The molecule has 0 radical (unpaired) electrons. The molecule has 0 saturated carbocycles. The topological polar surface area (TPSA) is 41.1 Å². The van der Waals surface area contributed by atoms with Gasteiger partial charge in [0.2, 0.25) is 5.13 Å². The number of rotatable bonds is 3. The molecule has 2 heterocycles. The number of anilines is 1. The van der Waals surface area contributed by atoms with Gasteiger partial charge in [-0.3, -0.25) is 0 Å². The van der Waals surface area contributed by atoms with Crippen molar-refractivity contribution in [2.24, 2.45) is 0 Å². The van der Waals surface area contributed by atoms with Crippen LogP contribution in [0.25, 0.3) is 0 Å². The van der Waals surface area contributed by atoms with E-state index in [1.807, 2.05) is 0 Å². The first-order valence-electron chi connectivity index (χ1n) is 4.55. The maximum atomic E-state index is 4.35. The van der Waals surface area contributed by atoms with Crippen molar-refractivity contribution in [3.8, 4) is 0 Å². The van der Waals surface area contributed by atoms with E-state index in [-0.39, 0.29) is 0 Å². The number of hydrogen-bond acceptors (Lipinski definition) is 5. The molecule has 1 aromatic rings. The van der Waals surface area contributed by atoms with Crippen LogP contribution in [0, 0.1) is 0 Å². The zero-order valence-corrected chi connectivity index (χ0v) is 8.77. The van der Waals surface area contributed by atoms with E-state index in [4.69, 9.17) is 0 Å². The zero-order chi connectivity index (χ0) is 9.26. The molecule has 0 bridgehead atoms. The normalized spacial score (nSPS) is 18.6. The van der Waals surface area contributed by atoms with Gasteiger partial charge in [-0.25, -0.2) is 4.98 Å². The summed E-state index contributed by atoms with van der Waals surface area (Å²) >= 11 is 1.46. The molecule has 0 spiro atoms. The Labute approximate surface area is 82.1 Å². The molecule has 1 aromatic heterocycles. The van der Waals surface area contributed by atoms with Crippen molar-refractivity contribution in [2.45, 2.75) is 19.4 Å². The smallest absolute Gasteiger partial charge is 0.202 e. The van der Waals surface area contributed by atoms with Crippen LogP contribution in [0.3, 0.4) is 0 Å². The van der Waals surface area contributed by atoms with Crippen molar-refractivity contribution in [1.29, 1.82) is 0 Å². The molecule has 5 heteroatoms. The molecule has 1 fully saturated rings. The summed E-state index contributed by atoms with van der Waals surface area (Å²) in [7, 11) is 2.12. The summed E-state index contributed by atoms with van der Waals surface area (Å²) < 4.78 is 4.22. The Morgan fingerprint density at radius 2 is 2.38 bits per heavy atom. The van der Waals surface area contributed by atoms with Crippen LogP contribution in [0.4, 0.5) is 5.13 Å². The Kier molecular flexibility index (Phi) is 2.46. The van der Waals surface area contributed by atoms with Gasteiger partial charge >= 0.3 is 0 Å². The quantitative estimate of drug-likeness (QED) is 0.781. The fourth-order valence-electron chi connectivity index (χ4n) is 1.42. The van der Waals surface area contributed by atoms with E-state index in [0.717, 1.165) is 30.5 Å². The van der Waals surface area contributed by atoms with Crippen molar-refractivity contribution in [3.05, 3.63) is 5.82 Å². The van der Waals surface area contributed by atoms with Gasteiger partial charge in [-0.2, -0.15) is 4.37 Å². The SMILES string of the molecule is CCc1nsc(NC2CN(C)C2)n1. The van der Waals surface area contributed by atoms with Gasteiger partial charge in [-0.1, -0.05) is 6.92 Å². The van der Waals surface area contributed by atoms with Crippen LogP contribution in [0.1, 0.15) is 12.7 Å². The molecule has 1 N–H and O–H groups in total. The van der Waals surface area contributed by atoms with Gasteiger partial charge in [0.05, 0.1) is 6.04 Å². The summed E-state index contributed by atoms with van der Waals surface area (Å²) in [6, 6.07) is 0.572. The van der Waals surface area contributed by atoms with Crippen LogP contribution in [0.15, 0.2) is 0 Å². The first-order chi connectivity index (χ1) is 6.28. The average molecular weight is 198 g/mol. The maximum absolute atomic E-state index is 4.35. The number of nitrogens with zero attached hydrogens (tertiary/aromatic N) is 3. The molecule has 1 saturated heterocycles. The second kappa shape index (κ2) is 3.59. The van der Waals surface area contributed by atoms with E-state index in [1.165, 1.54) is 11.5 Å². The van der Waals surface area contributed by atoms with Gasteiger partial charge in [-0.05, 0) is 7.05 Å². The Hall–Kier alpha value is -0.680. The number of hydrogen-bond donors (Lipinski definition) is 1. The van der Waals surface area contributed by atoms with Crippen molar-refractivity contribution < 1.29 is 0 Å². The standard InChI is InChI=1S/C8H14N4S/c1-3-7-10-8(13-11-7)9-6-4-12(2)5-6/h6H,3-5H2,1-2H3,(H,9,10,11). The molecule has 13 heavy (non-hydrogen) atoms. The van der Waals surface area contributed by atoms with Gasteiger partial charge < -0.3 is 10.2 Å². The summed E-state index contributed by atoms with van der Waals surface area (Å²) in [6.07, 6.45) is 0.919. The Bertz CT molecular complexity index is 279. The Balaban J connectivity index is 1.87. The lowest BCUT2D eigenvalue weighted by atomic mass is 10.1. The van der Waals surface area contributed by atoms with Crippen LogP contribution in [0.5, 0.6) is 0 Å². The number of aromatic nitrogens is 2. The first kappa shape index (κ1) is 8.90. The summed E-state index contributed by atoms with van der Waals surface area (Å²) in [5.74, 6) is 0.945. The lowest BCUT2D eigenvalue weighted by molar-refractivity contribution is 0.205. The third kappa shape index (κ3) is 1.97. The molecule has 0 unspecified atom stereocenters. The third-order valence-electron chi connectivity index (χ3n) is 2.18.